The minimum Gasteiger partial charge on any atom is -0.493 e. The molecule has 0 atom stereocenters. The summed E-state index contributed by atoms with van der Waals surface area (Å²) >= 11 is 0. The first kappa shape index (κ1) is 16.6. The van der Waals surface area contributed by atoms with Crippen molar-refractivity contribution in [3.8, 4) is 22.8 Å². The third-order valence-corrected chi connectivity index (χ3v) is 3.74. The van der Waals surface area contributed by atoms with Crippen LogP contribution in [0.15, 0.2) is 53.3 Å². The average Bonchev–Trinajstić information content (AvgIpc) is 3.13. The number of amides is 1. The minimum atomic E-state index is -0.345. The quantitative estimate of drug-likeness (QED) is 0.763. The second-order valence-corrected chi connectivity index (χ2v) is 5.42. The number of aromatic nitrogens is 1. The van der Waals surface area contributed by atoms with Crippen molar-refractivity contribution in [2.24, 2.45) is 0 Å². The van der Waals surface area contributed by atoms with Gasteiger partial charge in [0.25, 0.3) is 5.91 Å². The Labute approximate surface area is 145 Å². The monoisotopic (exact) mass is 338 g/mol. The highest BCUT2D eigenvalue weighted by atomic mass is 16.5. The van der Waals surface area contributed by atoms with Gasteiger partial charge in [0.1, 0.15) is 0 Å². The Balaban J connectivity index is 1.89. The van der Waals surface area contributed by atoms with Crippen LogP contribution in [0.3, 0.4) is 0 Å². The highest BCUT2D eigenvalue weighted by molar-refractivity contribution is 6.06. The van der Waals surface area contributed by atoms with Crippen LogP contribution >= 0.6 is 0 Å². The van der Waals surface area contributed by atoms with Gasteiger partial charge in [-0.1, -0.05) is 17.7 Å². The summed E-state index contributed by atoms with van der Waals surface area (Å²) in [6.07, 6.45) is 1.25. The van der Waals surface area contributed by atoms with Gasteiger partial charge in [-0.3, -0.25) is 4.79 Å². The van der Waals surface area contributed by atoms with Crippen molar-refractivity contribution in [2.75, 3.05) is 19.5 Å². The molecule has 0 unspecified atom stereocenters. The van der Waals surface area contributed by atoms with Crippen LogP contribution in [0.1, 0.15) is 16.1 Å². The van der Waals surface area contributed by atoms with Crippen LogP contribution in [0.4, 0.5) is 5.69 Å². The van der Waals surface area contributed by atoms with E-state index in [2.05, 4.69) is 10.3 Å². The molecular weight excluding hydrogens is 320 g/mol. The number of nitrogens with one attached hydrogen (secondary N) is 1. The minimum absolute atomic E-state index is 0.202. The maximum atomic E-state index is 12.5. The van der Waals surface area contributed by atoms with Gasteiger partial charge in [-0.25, -0.2) is 4.98 Å². The van der Waals surface area contributed by atoms with Gasteiger partial charge >= 0.3 is 0 Å². The second-order valence-electron chi connectivity index (χ2n) is 5.42. The molecule has 0 fully saturated rings. The molecule has 0 saturated carbocycles. The zero-order valence-corrected chi connectivity index (χ0v) is 14.2. The first-order valence-electron chi connectivity index (χ1n) is 7.66. The third kappa shape index (κ3) is 3.47. The molecule has 0 spiro atoms. The summed E-state index contributed by atoms with van der Waals surface area (Å²) in [4.78, 5) is 16.6. The predicted octanol–water partition coefficient (Wildman–Crippen LogP) is 3.92. The Bertz CT molecular complexity index is 885. The molecule has 128 valence electrons. The van der Waals surface area contributed by atoms with Crippen LogP contribution in [-0.4, -0.2) is 25.1 Å². The molecule has 3 rings (SSSR count). The molecular formula is C19H18N2O4. The van der Waals surface area contributed by atoms with E-state index in [1.807, 2.05) is 31.2 Å². The lowest BCUT2D eigenvalue weighted by atomic mass is 10.1. The molecule has 1 heterocycles. The van der Waals surface area contributed by atoms with Gasteiger partial charge in [-0.15, -0.1) is 0 Å². The second kappa shape index (κ2) is 7.09. The summed E-state index contributed by atoms with van der Waals surface area (Å²) in [5, 5.41) is 2.82. The Morgan fingerprint density at radius 1 is 1.04 bits per heavy atom. The normalized spacial score (nSPS) is 10.4. The number of rotatable bonds is 5. The predicted molar refractivity (Wildman–Crippen MR) is 94.2 cm³/mol. The van der Waals surface area contributed by atoms with Crippen LogP contribution < -0.4 is 14.8 Å². The maximum absolute atomic E-state index is 12.5. The zero-order chi connectivity index (χ0) is 17.8. The molecule has 0 saturated heterocycles. The van der Waals surface area contributed by atoms with Crippen LogP contribution in [-0.2, 0) is 0 Å². The van der Waals surface area contributed by atoms with Crippen molar-refractivity contribution in [2.45, 2.75) is 6.92 Å². The fraction of sp³-hybridized carbons (Fsp3) is 0.158. The number of nitrogens with zero attached hydrogens (tertiary/aromatic N) is 1. The number of hydrogen-bond donors (Lipinski definition) is 1. The van der Waals surface area contributed by atoms with Gasteiger partial charge in [-0.2, -0.15) is 0 Å². The summed E-state index contributed by atoms with van der Waals surface area (Å²) in [5.41, 5.74) is 2.68. The molecule has 1 aromatic heterocycles. The molecule has 0 aliphatic heterocycles. The Kier molecular flexibility index (Phi) is 4.70. The molecule has 1 N–H and O–H groups in total. The number of carbonyl (C=O) groups excluding carboxylic acids is 1. The van der Waals surface area contributed by atoms with Crippen LogP contribution in [0, 0.1) is 6.92 Å². The summed E-state index contributed by atoms with van der Waals surface area (Å²) < 4.78 is 16.0. The van der Waals surface area contributed by atoms with E-state index in [0.717, 1.165) is 5.56 Å². The van der Waals surface area contributed by atoms with Gasteiger partial charge in [0, 0.05) is 11.3 Å². The standard InChI is InChI=1S/C19H18N2O4/c1-12-4-7-14(8-5-12)21-19(22)17-18(25-11-20-17)13-6-9-15(23-2)16(10-13)24-3/h4-11H,1-3H3,(H,21,22). The van der Waals surface area contributed by atoms with E-state index >= 15 is 0 Å². The van der Waals surface area contributed by atoms with Crippen molar-refractivity contribution in [3.63, 3.8) is 0 Å². The molecule has 6 heteroatoms. The average molecular weight is 338 g/mol. The summed E-state index contributed by atoms with van der Waals surface area (Å²) in [6, 6.07) is 12.8. The number of benzene rings is 2. The smallest absolute Gasteiger partial charge is 0.278 e. The first-order valence-corrected chi connectivity index (χ1v) is 7.66. The molecule has 6 nitrogen and oxygen atoms in total. The Morgan fingerprint density at radius 2 is 1.76 bits per heavy atom. The van der Waals surface area contributed by atoms with E-state index < -0.39 is 0 Å². The molecule has 25 heavy (non-hydrogen) atoms. The van der Waals surface area contributed by atoms with Crippen LogP contribution in [0.25, 0.3) is 11.3 Å². The molecule has 3 aromatic rings. The number of methoxy groups -OCH3 is 2. The van der Waals surface area contributed by atoms with Crippen molar-refractivity contribution in [1.82, 2.24) is 4.98 Å². The maximum Gasteiger partial charge on any atom is 0.278 e. The fourth-order valence-electron chi connectivity index (χ4n) is 2.42. The largest absolute Gasteiger partial charge is 0.493 e. The lowest BCUT2D eigenvalue weighted by Crippen LogP contribution is -2.13. The van der Waals surface area contributed by atoms with E-state index in [0.29, 0.717) is 28.5 Å². The zero-order valence-electron chi connectivity index (χ0n) is 14.2. The highest BCUT2D eigenvalue weighted by Crippen LogP contribution is 2.33. The van der Waals surface area contributed by atoms with Crippen LogP contribution in [0.5, 0.6) is 11.5 Å². The lowest BCUT2D eigenvalue weighted by molar-refractivity contribution is 0.102. The van der Waals surface area contributed by atoms with Gasteiger partial charge in [0.05, 0.1) is 14.2 Å². The highest BCUT2D eigenvalue weighted by Gasteiger charge is 2.19. The third-order valence-electron chi connectivity index (χ3n) is 3.74. The molecule has 0 aliphatic rings. The Hall–Kier alpha value is -3.28. The van der Waals surface area contributed by atoms with E-state index in [1.54, 1.807) is 32.4 Å². The molecule has 2 aromatic carbocycles. The van der Waals surface area contributed by atoms with Gasteiger partial charge in [0.15, 0.2) is 29.3 Å². The summed E-state index contributed by atoms with van der Waals surface area (Å²) in [7, 11) is 3.11. The number of ether oxygens (including phenoxy) is 2. The molecule has 0 bridgehead atoms. The van der Waals surface area contributed by atoms with E-state index in [1.165, 1.54) is 6.39 Å². The number of carbonyl (C=O) groups is 1. The van der Waals surface area contributed by atoms with E-state index in [4.69, 9.17) is 13.9 Å². The lowest BCUT2D eigenvalue weighted by Gasteiger charge is -2.09. The van der Waals surface area contributed by atoms with Gasteiger partial charge in [0.2, 0.25) is 0 Å². The van der Waals surface area contributed by atoms with Crippen molar-refractivity contribution in [1.29, 1.82) is 0 Å². The summed E-state index contributed by atoms with van der Waals surface area (Å²) in [6.45, 7) is 1.98. The number of anilines is 1. The Morgan fingerprint density at radius 3 is 2.44 bits per heavy atom. The van der Waals surface area contributed by atoms with E-state index in [9.17, 15) is 4.79 Å². The first-order chi connectivity index (χ1) is 12.1. The molecule has 1 amide bonds. The number of hydrogen-bond acceptors (Lipinski definition) is 5. The van der Waals surface area contributed by atoms with Gasteiger partial charge in [-0.05, 0) is 37.3 Å². The van der Waals surface area contributed by atoms with Crippen molar-refractivity contribution in [3.05, 3.63) is 60.1 Å². The van der Waals surface area contributed by atoms with E-state index in [-0.39, 0.29) is 11.6 Å². The van der Waals surface area contributed by atoms with Gasteiger partial charge < -0.3 is 19.2 Å². The molecule has 0 radical (unpaired) electrons. The van der Waals surface area contributed by atoms with Crippen LogP contribution in [0.2, 0.25) is 0 Å². The molecule has 0 aliphatic carbocycles. The summed E-state index contributed by atoms with van der Waals surface area (Å²) in [5.74, 6) is 1.16. The fourth-order valence-corrected chi connectivity index (χ4v) is 2.42. The van der Waals surface area contributed by atoms with Crippen molar-refractivity contribution < 1.29 is 18.7 Å². The topological polar surface area (TPSA) is 73.6 Å². The SMILES string of the molecule is COc1ccc(-c2ocnc2C(=O)Nc2ccc(C)cc2)cc1OC. The number of oxazole rings is 1. The van der Waals surface area contributed by atoms with Crippen molar-refractivity contribution >= 4 is 11.6 Å². The number of aryl methyl sites for hydroxylation is 1.